The van der Waals surface area contributed by atoms with E-state index < -0.39 is 0 Å². The van der Waals surface area contributed by atoms with E-state index in [2.05, 4.69) is 46.2 Å². The number of aryl methyl sites for hydroxylation is 1. The Morgan fingerprint density at radius 3 is 2.67 bits per heavy atom. The van der Waals surface area contributed by atoms with Gasteiger partial charge in [-0.2, -0.15) is 5.10 Å². The number of aromatic nitrogens is 3. The number of fused-ring (bicyclic) bond motifs is 1. The molecule has 1 saturated carbocycles. The molecule has 4 heterocycles. The van der Waals surface area contributed by atoms with Crippen LogP contribution in [0, 0.1) is 18.3 Å². The first-order chi connectivity index (χ1) is 20.4. The minimum absolute atomic E-state index is 0.659. The Balaban J connectivity index is 0.000000330. The van der Waals surface area contributed by atoms with Gasteiger partial charge in [-0.15, -0.1) is 0 Å². The molecule has 1 spiro atoms. The van der Waals surface area contributed by atoms with Gasteiger partial charge >= 0.3 is 0 Å². The predicted molar refractivity (Wildman–Crippen MR) is 170 cm³/mol. The molecular formula is C33H41N7O2. The van der Waals surface area contributed by atoms with Crippen molar-refractivity contribution in [1.29, 1.82) is 0 Å². The van der Waals surface area contributed by atoms with Gasteiger partial charge in [0, 0.05) is 29.1 Å². The zero-order valence-corrected chi connectivity index (χ0v) is 25.5. The number of hydrogen-bond acceptors (Lipinski definition) is 8. The Morgan fingerprint density at radius 1 is 1.21 bits per heavy atom. The SMILES string of the molecule is C/C=C1/N=CN=C(Nc2ccc(Oc3ccn4ncnc4c3)c(C)c2)/C1=N\C(C)=C(/C)CC.CCC1CCC12COC2. The molecule has 1 aliphatic carbocycles. The van der Waals surface area contributed by atoms with Crippen molar-refractivity contribution in [3.05, 3.63) is 71.5 Å². The zero-order chi connectivity index (χ0) is 29.7. The molecule has 9 heteroatoms. The Labute approximate surface area is 248 Å². The number of amidine groups is 1. The van der Waals surface area contributed by atoms with Crippen LogP contribution in [0.5, 0.6) is 11.5 Å². The lowest BCUT2D eigenvalue weighted by Gasteiger charge is -2.55. The molecule has 1 N–H and O–H groups in total. The van der Waals surface area contributed by atoms with Crippen molar-refractivity contribution in [3.8, 4) is 11.5 Å². The van der Waals surface area contributed by atoms with Crippen molar-refractivity contribution in [2.75, 3.05) is 18.5 Å². The maximum Gasteiger partial charge on any atom is 0.160 e. The van der Waals surface area contributed by atoms with E-state index in [1.54, 1.807) is 10.9 Å². The lowest BCUT2D eigenvalue weighted by atomic mass is 9.58. The van der Waals surface area contributed by atoms with Crippen LogP contribution in [0.25, 0.3) is 5.65 Å². The largest absolute Gasteiger partial charge is 0.457 e. The third-order valence-corrected chi connectivity index (χ3v) is 8.60. The molecule has 0 bridgehead atoms. The van der Waals surface area contributed by atoms with Crippen molar-refractivity contribution >= 4 is 29.2 Å². The first kappa shape index (κ1) is 29.4. The van der Waals surface area contributed by atoms with Gasteiger partial charge in [-0.25, -0.2) is 24.5 Å². The van der Waals surface area contributed by atoms with Gasteiger partial charge in [0.25, 0.3) is 0 Å². The summed E-state index contributed by atoms with van der Waals surface area (Å²) in [4.78, 5) is 17.9. The maximum absolute atomic E-state index is 6.08. The number of aliphatic imine (C=N–C) groups is 3. The van der Waals surface area contributed by atoms with E-state index in [9.17, 15) is 0 Å². The minimum Gasteiger partial charge on any atom is -0.457 e. The topological polar surface area (TPSA) is 97.8 Å². The highest BCUT2D eigenvalue weighted by Gasteiger charge is 2.50. The Hall–Kier alpha value is -4.11. The number of allylic oxidation sites excluding steroid dienone is 3. The van der Waals surface area contributed by atoms with Gasteiger partial charge in [-0.3, -0.25) is 0 Å². The van der Waals surface area contributed by atoms with Crippen LogP contribution in [-0.4, -0.2) is 45.7 Å². The first-order valence-corrected chi connectivity index (χ1v) is 14.8. The van der Waals surface area contributed by atoms with Crippen molar-refractivity contribution in [3.63, 3.8) is 0 Å². The summed E-state index contributed by atoms with van der Waals surface area (Å²) in [6.45, 7) is 14.6. The lowest BCUT2D eigenvalue weighted by Crippen LogP contribution is -2.54. The fraction of sp³-hybridized carbons (Fsp3) is 0.424. The van der Waals surface area contributed by atoms with E-state index in [1.807, 2.05) is 63.4 Å². The molecule has 1 aromatic carbocycles. The third-order valence-electron chi connectivity index (χ3n) is 8.60. The van der Waals surface area contributed by atoms with Crippen molar-refractivity contribution in [1.82, 2.24) is 14.6 Å². The second kappa shape index (κ2) is 12.8. The van der Waals surface area contributed by atoms with Crippen molar-refractivity contribution in [2.24, 2.45) is 26.3 Å². The summed E-state index contributed by atoms with van der Waals surface area (Å²) in [5, 5.41) is 7.50. The number of nitrogens with zero attached hydrogens (tertiary/aromatic N) is 6. The lowest BCUT2D eigenvalue weighted by molar-refractivity contribution is -0.195. The average molecular weight is 568 g/mol. The number of nitrogens with one attached hydrogen (secondary N) is 1. The third kappa shape index (κ3) is 6.21. The Morgan fingerprint density at radius 2 is 2.05 bits per heavy atom. The van der Waals surface area contributed by atoms with E-state index in [1.165, 1.54) is 31.2 Å². The average Bonchev–Trinajstić information content (AvgIpc) is 3.42. The van der Waals surface area contributed by atoms with Crippen LogP contribution in [0.4, 0.5) is 5.69 Å². The van der Waals surface area contributed by atoms with E-state index >= 15 is 0 Å². The van der Waals surface area contributed by atoms with Gasteiger partial charge in [0.2, 0.25) is 0 Å². The number of hydrogen-bond donors (Lipinski definition) is 1. The normalized spacial score (nSPS) is 21.3. The molecule has 2 aromatic heterocycles. The Bertz CT molecular complexity index is 1580. The molecule has 42 heavy (non-hydrogen) atoms. The maximum atomic E-state index is 6.08. The van der Waals surface area contributed by atoms with E-state index in [-0.39, 0.29) is 0 Å². The Kier molecular flexibility index (Phi) is 8.97. The molecule has 2 aliphatic heterocycles. The van der Waals surface area contributed by atoms with Crippen molar-refractivity contribution < 1.29 is 9.47 Å². The monoisotopic (exact) mass is 567 g/mol. The number of benzene rings is 1. The van der Waals surface area contributed by atoms with Crippen LogP contribution >= 0.6 is 0 Å². The zero-order valence-electron chi connectivity index (χ0n) is 25.5. The molecule has 220 valence electrons. The summed E-state index contributed by atoms with van der Waals surface area (Å²) in [6.07, 6.45) is 12.0. The van der Waals surface area contributed by atoms with Crippen LogP contribution in [0.1, 0.15) is 65.9 Å². The number of ether oxygens (including phenoxy) is 2. The first-order valence-electron chi connectivity index (χ1n) is 14.8. The van der Waals surface area contributed by atoms with Crippen LogP contribution in [0.3, 0.4) is 0 Å². The molecule has 1 saturated heterocycles. The molecule has 0 radical (unpaired) electrons. The summed E-state index contributed by atoms with van der Waals surface area (Å²) in [5.74, 6) is 3.13. The van der Waals surface area contributed by atoms with E-state index in [4.69, 9.17) is 14.5 Å². The molecule has 6 rings (SSSR count). The van der Waals surface area contributed by atoms with E-state index in [0.717, 1.165) is 65.3 Å². The van der Waals surface area contributed by atoms with Crippen LogP contribution in [0.15, 0.2) is 80.9 Å². The van der Waals surface area contributed by atoms with Gasteiger partial charge in [0.05, 0.1) is 18.9 Å². The second-order valence-electron chi connectivity index (χ2n) is 11.2. The van der Waals surface area contributed by atoms with E-state index in [0.29, 0.717) is 17.0 Å². The number of pyridine rings is 1. The second-order valence-corrected chi connectivity index (χ2v) is 11.2. The summed E-state index contributed by atoms with van der Waals surface area (Å²) in [7, 11) is 0. The molecule has 3 aromatic rings. The smallest absolute Gasteiger partial charge is 0.160 e. The molecule has 9 nitrogen and oxygen atoms in total. The summed E-state index contributed by atoms with van der Waals surface area (Å²) < 4.78 is 13.0. The molecule has 2 fully saturated rings. The number of anilines is 1. The van der Waals surface area contributed by atoms with Crippen molar-refractivity contribution in [2.45, 2.75) is 67.2 Å². The quantitative estimate of drug-likeness (QED) is 0.332. The molecule has 1 atom stereocenters. The summed E-state index contributed by atoms with van der Waals surface area (Å²) in [6, 6.07) is 9.62. The standard InChI is InChI=1S/C25H27N7O.C8H14O/c1-6-16(3)18(5)30-24-21(7-2)26-14-28-25(24)31-19-8-9-22(17(4)12-19)33-20-10-11-32-23(13-20)27-15-29-32;1-2-7-3-4-8(7)5-9-6-8/h7-15H,6H2,1-5H3,(H,26,28,31);7H,2-6H2,1H3/b18-16+,21-7+,30-24-;. The fourth-order valence-electron chi connectivity index (χ4n) is 5.43. The van der Waals surface area contributed by atoms with Gasteiger partial charge < -0.3 is 14.8 Å². The van der Waals surface area contributed by atoms with Crippen LogP contribution < -0.4 is 10.1 Å². The van der Waals surface area contributed by atoms with Gasteiger partial charge in [0.15, 0.2) is 11.5 Å². The van der Waals surface area contributed by atoms with Gasteiger partial charge in [-0.1, -0.05) is 31.9 Å². The highest BCUT2D eigenvalue weighted by Crippen LogP contribution is 2.53. The highest BCUT2D eigenvalue weighted by molar-refractivity contribution is 6.52. The summed E-state index contributed by atoms with van der Waals surface area (Å²) in [5.41, 5.74) is 7.01. The van der Waals surface area contributed by atoms with Crippen LogP contribution in [0.2, 0.25) is 0 Å². The summed E-state index contributed by atoms with van der Waals surface area (Å²) >= 11 is 0. The minimum atomic E-state index is 0.659. The highest BCUT2D eigenvalue weighted by atomic mass is 16.5. The predicted octanol–water partition coefficient (Wildman–Crippen LogP) is 7.55. The fourth-order valence-corrected chi connectivity index (χ4v) is 5.43. The molecule has 0 amide bonds. The molecular weight excluding hydrogens is 526 g/mol. The molecule has 3 aliphatic rings. The van der Waals surface area contributed by atoms with Gasteiger partial charge in [-0.05, 0) is 82.7 Å². The number of rotatable bonds is 6. The van der Waals surface area contributed by atoms with Crippen LogP contribution in [-0.2, 0) is 4.74 Å². The van der Waals surface area contributed by atoms with Gasteiger partial charge in [0.1, 0.15) is 29.9 Å². The molecule has 1 unspecified atom stereocenters.